The first-order valence-electron chi connectivity index (χ1n) is 6.57. The molecule has 106 valence electrons. The van der Waals surface area contributed by atoms with Crippen LogP contribution in [0.5, 0.6) is 5.75 Å². The highest BCUT2D eigenvalue weighted by Gasteiger charge is 2.09. The number of aromatic amines is 1. The Labute approximate surface area is 123 Å². The third kappa shape index (κ3) is 3.14. The molecule has 6 heteroatoms. The zero-order valence-electron chi connectivity index (χ0n) is 11.8. The van der Waals surface area contributed by atoms with Crippen LogP contribution in [-0.2, 0) is 0 Å². The van der Waals surface area contributed by atoms with Gasteiger partial charge in [-0.3, -0.25) is 5.10 Å². The molecule has 0 amide bonds. The fourth-order valence-corrected chi connectivity index (χ4v) is 1.97. The van der Waals surface area contributed by atoms with Gasteiger partial charge < -0.3 is 4.74 Å². The van der Waals surface area contributed by atoms with Crippen molar-refractivity contribution in [3.8, 4) is 5.75 Å². The van der Waals surface area contributed by atoms with E-state index < -0.39 is 0 Å². The summed E-state index contributed by atoms with van der Waals surface area (Å²) in [5.74, 6) is 1.85. The highest BCUT2D eigenvalue weighted by Crippen LogP contribution is 2.16. The van der Waals surface area contributed by atoms with Crippen molar-refractivity contribution in [3.63, 3.8) is 0 Å². The molecular weight excluding hydrogens is 272 g/mol. The summed E-state index contributed by atoms with van der Waals surface area (Å²) in [7, 11) is 0. The largest absolute Gasteiger partial charge is 0.493 e. The molecule has 0 radical (unpaired) electrons. The van der Waals surface area contributed by atoms with Crippen molar-refractivity contribution in [2.45, 2.75) is 26.7 Å². The molecule has 0 aliphatic heterocycles. The van der Waals surface area contributed by atoms with Gasteiger partial charge in [0.25, 0.3) is 0 Å². The van der Waals surface area contributed by atoms with E-state index in [9.17, 15) is 0 Å². The monoisotopic (exact) mass is 290 g/mol. The molecule has 1 heterocycles. The van der Waals surface area contributed by atoms with Gasteiger partial charge in [-0.1, -0.05) is 26.0 Å². The number of H-pyrrole nitrogens is 1. The highest BCUT2D eigenvalue weighted by atomic mass is 32.1. The zero-order chi connectivity index (χ0) is 14.5. The highest BCUT2D eigenvalue weighted by molar-refractivity contribution is 7.71. The summed E-state index contributed by atoms with van der Waals surface area (Å²) in [6, 6.07) is 7.75. The topological polar surface area (TPSA) is 55.2 Å². The molecule has 2 aromatic rings. The van der Waals surface area contributed by atoms with Gasteiger partial charge in [-0.05, 0) is 31.3 Å². The lowest BCUT2D eigenvalue weighted by Crippen LogP contribution is -2.02. The van der Waals surface area contributed by atoms with Gasteiger partial charge in [-0.2, -0.15) is 14.9 Å². The van der Waals surface area contributed by atoms with Gasteiger partial charge in [-0.25, -0.2) is 0 Å². The van der Waals surface area contributed by atoms with Gasteiger partial charge in [0.2, 0.25) is 4.77 Å². The van der Waals surface area contributed by atoms with Crippen molar-refractivity contribution in [2.75, 3.05) is 6.61 Å². The van der Waals surface area contributed by atoms with Gasteiger partial charge >= 0.3 is 0 Å². The zero-order valence-corrected chi connectivity index (χ0v) is 12.6. The molecular formula is C14H18N4OS. The maximum absolute atomic E-state index is 5.56. The Morgan fingerprint density at radius 3 is 2.90 bits per heavy atom. The van der Waals surface area contributed by atoms with Crippen molar-refractivity contribution >= 4 is 18.4 Å². The molecule has 0 unspecified atom stereocenters. The van der Waals surface area contributed by atoms with Crippen molar-refractivity contribution in [1.82, 2.24) is 14.9 Å². The molecule has 0 bridgehead atoms. The van der Waals surface area contributed by atoms with Crippen molar-refractivity contribution in [3.05, 3.63) is 40.4 Å². The van der Waals surface area contributed by atoms with Gasteiger partial charge in [0.1, 0.15) is 5.75 Å². The van der Waals surface area contributed by atoms with Crippen molar-refractivity contribution in [1.29, 1.82) is 0 Å². The van der Waals surface area contributed by atoms with Crippen molar-refractivity contribution < 1.29 is 4.74 Å². The number of hydrogen-bond donors (Lipinski definition) is 1. The second-order valence-electron chi connectivity index (χ2n) is 4.57. The third-order valence-electron chi connectivity index (χ3n) is 2.72. The SMILES string of the molecule is CCOc1ccccc1/C=N/n1c(C(C)C)n[nH]c1=S. The van der Waals surface area contributed by atoms with Crippen LogP contribution in [0.2, 0.25) is 0 Å². The van der Waals surface area contributed by atoms with Crippen LogP contribution in [0.4, 0.5) is 0 Å². The first-order chi connectivity index (χ1) is 9.63. The summed E-state index contributed by atoms with van der Waals surface area (Å²) < 4.78 is 7.69. The van der Waals surface area contributed by atoms with Gasteiger partial charge in [0.15, 0.2) is 5.82 Å². The Bertz CT molecular complexity index is 657. The number of ether oxygens (including phenoxy) is 1. The summed E-state index contributed by atoms with van der Waals surface area (Å²) in [5.41, 5.74) is 0.909. The van der Waals surface area contributed by atoms with Crippen LogP contribution in [0, 0.1) is 4.77 Å². The molecule has 1 aromatic heterocycles. The van der Waals surface area contributed by atoms with E-state index in [4.69, 9.17) is 17.0 Å². The lowest BCUT2D eigenvalue weighted by molar-refractivity contribution is 0.340. The van der Waals surface area contributed by atoms with Crippen LogP contribution in [0.15, 0.2) is 29.4 Å². The van der Waals surface area contributed by atoms with E-state index >= 15 is 0 Å². The van der Waals surface area contributed by atoms with E-state index in [1.54, 1.807) is 10.9 Å². The van der Waals surface area contributed by atoms with Crippen LogP contribution in [-0.4, -0.2) is 27.7 Å². The first-order valence-corrected chi connectivity index (χ1v) is 6.97. The lowest BCUT2D eigenvalue weighted by Gasteiger charge is -2.06. The minimum atomic E-state index is 0.238. The molecule has 0 aliphatic carbocycles. The van der Waals surface area contributed by atoms with E-state index in [2.05, 4.69) is 15.3 Å². The van der Waals surface area contributed by atoms with E-state index in [1.807, 2.05) is 45.0 Å². The Balaban J connectivity index is 2.35. The Morgan fingerprint density at radius 1 is 1.45 bits per heavy atom. The van der Waals surface area contributed by atoms with Crippen LogP contribution in [0.1, 0.15) is 38.1 Å². The molecule has 1 N–H and O–H groups in total. The molecule has 5 nitrogen and oxygen atoms in total. The third-order valence-corrected chi connectivity index (χ3v) is 2.99. The van der Waals surface area contributed by atoms with Crippen LogP contribution >= 0.6 is 12.2 Å². The van der Waals surface area contributed by atoms with Crippen LogP contribution < -0.4 is 4.74 Å². The number of nitrogens with zero attached hydrogens (tertiary/aromatic N) is 3. The fraction of sp³-hybridized carbons (Fsp3) is 0.357. The Kier molecular flexibility index (Phi) is 4.68. The molecule has 2 rings (SSSR count). The standard InChI is InChI=1S/C14H18N4OS/c1-4-19-12-8-6-5-7-11(12)9-15-18-13(10(2)3)16-17-14(18)20/h5-10H,4H2,1-3H3,(H,17,20)/b15-9+. The summed E-state index contributed by atoms with van der Waals surface area (Å²) in [5, 5.41) is 11.4. The molecule has 1 aromatic carbocycles. The van der Waals surface area contributed by atoms with Crippen molar-refractivity contribution in [2.24, 2.45) is 5.10 Å². The number of rotatable bonds is 5. The molecule has 0 saturated heterocycles. The molecule has 0 spiro atoms. The number of hydrogen-bond acceptors (Lipinski definition) is 4. The van der Waals surface area contributed by atoms with Crippen LogP contribution in [0.25, 0.3) is 0 Å². The maximum Gasteiger partial charge on any atom is 0.216 e. The van der Waals surface area contributed by atoms with E-state index in [-0.39, 0.29) is 5.92 Å². The van der Waals surface area contributed by atoms with Crippen LogP contribution in [0.3, 0.4) is 0 Å². The van der Waals surface area contributed by atoms with E-state index in [0.29, 0.717) is 11.4 Å². The molecule has 0 saturated carbocycles. The van der Waals surface area contributed by atoms with Gasteiger partial charge in [-0.15, -0.1) is 0 Å². The number of para-hydroxylation sites is 1. The molecule has 0 atom stereocenters. The summed E-state index contributed by atoms with van der Waals surface area (Å²) in [6.07, 6.45) is 1.74. The smallest absolute Gasteiger partial charge is 0.216 e. The minimum absolute atomic E-state index is 0.238. The average Bonchev–Trinajstić information content (AvgIpc) is 2.79. The molecule has 0 aliphatic rings. The summed E-state index contributed by atoms with van der Waals surface area (Å²) in [6.45, 7) is 6.67. The van der Waals surface area contributed by atoms with Gasteiger partial charge in [0, 0.05) is 11.5 Å². The van der Waals surface area contributed by atoms with E-state index in [1.165, 1.54) is 0 Å². The first kappa shape index (κ1) is 14.5. The summed E-state index contributed by atoms with van der Waals surface area (Å²) >= 11 is 5.19. The Hall–Kier alpha value is -1.95. The lowest BCUT2D eigenvalue weighted by atomic mass is 10.2. The maximum atomic E-state index is 5.56. The fourth-order valence-electron chi connectivity index (χ4n) is 1.78. The predicted molar refractivity (Wildman–Crippen MR) is 82.1 cm³/mol. The van der Waals surface area contributed by atoms with Gasteiger partial charge in [0.05, 0.1) is 12.8 Å². The second-order valence-corrected chi connectivity index (χ2v) is 4.96. The quantitative estimate of drug-likeness (QED) is 0.678. The number of nitrogens with one attached hydrogen (secondary N) is 1. The average molecular weight is 290 g/mol. The number of aromatic nitrogens is 3. The molecule has 0 fully saturated rings. The number of benzene rings is 1. The van der Waals surface area contributed by atoms with E-state index in [0.717, 1.165) is 17.1 Å². The second kappa shape index (κ2) is 6.47. The molecule has 20 heavy (non-hydrogen) atoms. The normalized spacial score (nSPS) is 11.4. The predicted octanol–water partition coefficient (Wildman–Crippen LogP) is 3.34. The minimum Gasteiger partial charge on any atom is -0.493 e. The Morgan fingerprint density at radius 2 is 2.20 bits per heavy atom. The summed E-state index contributed by atoms with van der Waals surface area (Å²) in [4.78, 5) is 0.